The van der Waals surface area contributed by atoms with E-state index in [4.69, 9.17) is 9.47 Å². The molecule has 1 unspecified atom stereocenters. The number of amides is 1. The third-order valence-corrected chi connectivity index (χ3v) is 4.23. The van der Waals surface area contributed by atoms with E-state index in [0.29, 0.717) is 19.6 Å². The van der Waals surface area contributed by atoms with Gasteiger partial charge in [-0.05, 0) is 37.0 Å². The number of nitrogens with one attached hydrogen (secondary N) is 3. The second kappa shape index (κ2) is 14.6. The molecule has 1 atom stereocenters. The predicted octanol–water partition coefficient (Wildman–Crippen LogP) is 2.90. The van der Waals surface area contributed by atoms with Crippen LogP contribution in [0.1, 0.15) is 38.2 Å². The number of halogens is 1. The van der Waals surface area contributed by atoms with Gasteiger partial charge >= 0.3 is 0 Å². The van der Waals surface area contributed by atoms with Crippen molar-refractivity contribution in [2.75, 3.05) is 38.7 Å². The highest BCUT2D eigenvalue weighted by molar-refractivity contribution is 14.0. The van der Waals surface area contributed by atoms with Gasteiger partial charge in [-0.15, -0.1) is 24.0 Å². The summed E-state index contributed by atoms with van der Waals surface area (Å²) >= 11 is 0. The average Bonchev–Trinajstić information content (AvgIpc) is 3.18. The molecule has 1 amide bonds. The lowest BCUT2D eigenvalue weighted by molar-refractivity contribution is -0.116. The van der Waals surface area contributed by atoms with Crippen molar-refractivity contribution in [1.29, 1.82) is 0 Å². The average molecular weight is 504 g/mol. The maximum atomic E-state index is 11.7. The first-order valence-corrected chi connectivity index (χ1v) is 9.74. The van der Waals surface area contributed by atoms with Crippen molar-refractivity contribution < 1.29 is 14.3 Å². The number of benzene rings is 1. The minimum Gasteiger partial charge on any atom is -0.379 e. The molecule has 1 heterocycles. The van der Waals surface area contributed by atoms with E-state index in [1.807, 2.05) is 31.2 Å². The van der Waals surface area contributed by atoms with Gasteiger partial charge in [0.1, 0.15) is 0 Å². The molecule has 158 valence electrons. The number of aliphatic imine (C=N–C) groups is 1. The molecule has 8 heteroatoms. The lowest BCUT2D eigenvalue weighted by Crippen LogP contribution is -2.37. The van der Waals surface area contributed by atoms with Gasteiger partial charge in [0.25, 0.3) is 0 Å². The molecule has 1 aliphatic rings. The second-order valence-corrected chi connectivity index (χ2v) is 6.56. The molecule has 28 heavy (non-hydrogen) atoms. The van der Waals surface area contributed by atoms with Crippen LogP contribution in [0.2, 0.25) is 0 Å². The standard InChI is InChI=1S/C20H32N4O3.HI/c1-3-6-19(25)24-17-8-4-7-16(13-17)14-23-20(21-2)22-10-5-11-27-18-9-12-26-15-18;/h4,7-8,13,18H,3,5-6,9-12,14-15H2,1-2H3,(H,24,25)(H2,21,22,23);1H. The Hall–Kier alpha value is -1.39. The fourth-order valence-corrected chi connectivity index (χ4v) is 2.79. The van der Waals surface area contributed by atoms with Crippen LogP contribution in [0.15, 0.2) is 29.3 Å². The third kappa shape index (κ3) is 9.70. The Kier molecular flexibility index (Phi) is 12.8. The van der Waals surface area contributed by atoms with Crippen LogP contribution in [0, 0.1) is 0 Å². The molecule has 0 spiro atoms. The van der Waals surface area contributed by atoms with Gasteiger partial charge in [0.05, 0.1) is 12.7 Å². The van der Waals surface area contributed by atoms with E-state index in [1.54, 1.807) is 7.05 Å². The number of hydrogen-bond donors (Lipinski definition) is 3. The second-order valence-electron chi connectivity index (χ2n) is 6.56. The van der Waals surface area contributed by atoms with Crippen LogP contribution in [-0.2, 0) is 20.8 Å². The molecule has 1 saturated heterocycles. The summed E-state index contributed by atoms with van der Waals surface area (Å²) in [6, 6.07) is 7.84. The molecule has 1 aliphatic heterocycles. The first kappa shape index (κ1) is 24.6. The Bertz CT molecular complexity index is 607. The van der Waals surface area contributed by atoms with Crippen molar-refractivity contribution in [1.82, 2.24) is 10.6 Å². The van der Waals surface area contributed by atoms with Gasteiger partial charge in [-0.1, -0.05) is 19.1 Å². The van der Waals surface area contributed by atoms with Crippen molar-refractivity contribution >= 4 is 41.5 Å². The van der Waals surface area contributed by atoms with E-state index >= 15 is 0 Å². The summed E-state index contributed by atoms with van der Waals surface area (Å²) in [5.41, 5.74) is 1.90. The molecule has 3 N–H and O–H groups in total. The molecule has 0 saturated carbocycles. The Morgan fingerprint density at radius 1 is 1.36 bits per heavy atom. The molecule has 1 aromatic carbocycles. The highest BCUT2D eigenvalue weighted by atomic mass is 127. The number of carbonyl (C=O) groups is 1. The topological polar surface area (TPSA) is 84.0 Å². The monoisotopic (exact) mass is 504 g/mol. The van der Waals surface area contributed by atoms with Crippen molar-refractivity contribution in [3.05, 3.63) is 29.8 Å². The van der Waals surface area contributed by atoms with Crippen LogP contribution in [0.3, 0.4) is 0 Å². The van der Waals surface area contributed by atoms with E-state index < -0.39 is 0 Å². The van der Waals surface area contributed by atoms with E-state index in [2.05, 4.69) is 20.9 Å². The maximum absolute atomic E-state index is 11.7. The molecule has 7 nitrogen and oxygen atoms in total. The molecule has 0 aliphatic carbocycles. The van der Waals surface area contributed by atoms with E-state index in [1.165, 1.54) is 0 Å². The van der Waals surface area contributed by atoms with E-state index in [9.17, 15) is 4.79 Å². The Morgan fingerprint density at radius 2 is 2.21 bits per heavy atom. The van der Waals surface area contributed by atoms with E-state index in [0.717, 1.165) is 56.2 Å². The first-order chi connectivity index (χ1) is 13.2. The molecule has 1 fully saturated rings. The van der Waals surface area contributed by atoms with Crippen molar-refractivity contribution in [3.63, 3.8) is 0 Å². The number of ether oxygens (including phenoxy) is 2. The normalized spacial score (nSPS) is 16.4. The Labute approximate surface area is 185 Å². The molecule has 2 rings (SSSR count). The number of hydrogen-bond acceptors (Lipinski definition) is 4. The summed E-state index contributed by atoms with van der Waals surface area (Å²) in [6.45, 7) is 5.66. The zero-order valence-electron chi connectivity index (χ0n) is 16.8. The van der Waals surface area contributed by atoms with Gasteiger partial charge in [0.2, 0.25) is 5.91 Å². The number of rotatable bonds is 10. The number of carbonyl (C=O) groups excluding carboxylic acids is 1. The number of guanidine groups is 1. The van der Waals surface area contributed by atoms with Crippen LogP contribution in [0.5, 0.6) is 0 Å². The third-order valence-electron chi connectivity index (χ3n) is 4.23. The molecule has 0 aromatic heterocycles. The molecule has 0 radical (unpaired) electrons. The van der Waals surface area contributed by atoms with Crippen molar-refractivity contribution in [2.24, 2.45) is 4.99 Å². The molecular formula is C20H33IN4O3. The summed E-state index contributed by atoms with van der Waals surface area (Å²) in [4.78, 5) is 16.0. The summed E-state index contributed by atoms with van der Waals surface area (Å²) in [7, 11) is 1.75. The van der Waals surface area contributed by atoms with Crippen molar-refractivity contribution in [2.45, 2.75) is 45.3 Å². The smallest absolute Gasteiger partial charge is 0.224 e. The van der Waals surface area contributed by atoms with Crippen LogP contribution in [0.25, 0.3) is 0 Å². The van der Waals surface area contributed by atoms with Gasteiger partial charge in [-0.3, -0.25) is 9.79 Å². The van der Waals surface area contributed by atoms with Crippen molar-refractivity contribution in [3.8, 4) is 0 Å². The first-order valence-electron chi connectivity index (χ1n) is 9.74. The van der Waals surface area contributed by atoms with Gasteiger partial charge in [-0.25, -0.2) is 0 Å². The summed E-state index contributed by atoms with van der Waals surface area (Å²) < 4.78 is 11.0. The Balaban J connectivity index is 0.00000392. The fraction of sp³-hybridized carbons (Fsp3) is 0.600. The predicted molar refractivity (Wildman–Crippen MR) is 123 cm³/mol. The van der Waals surface area contributed by atoms with E-state index in [-0.39, 0.29) is 36.0 Å². The summed E-state index contributed by atoms with van der Waals surface area (Å²) in [5, 5.41) is 9.50. The van der Waals surface area contributed by atoms with Crippen LogP contribution in [-0.4, -0.2) is 51.4 Å². The largest absolute Gasteiger partial charge is 0.379 e. The van der Waals surface area contributed by atoms with Gasteiger partial charge in [0.15, 0.2) is 5.96 Å². The molecule has 1 aromatic rings. The van der Waals surface area contributed by atoms with Gasteiger partial charge < -0.3 is 25.4 Å². The highest BCUT2D eigenvalue weighted by Crippen LogP contribution is 2.11. The minimum atomic E-state index is 0. The molecule has 0 bridgehead atoms. The van der Waals surface area contributed by atoms with Gasteiger partial charge in [0, 0.05) is 45.5 Å². The maximum Gasteiger partial charge on any atom is 0.224 e. The summed E-state index contributed by atoms with van der Waals surface area (Å²) in [6.07, 6.45) is 3.54. The quantitative estimate of drug-likeness (QED) is 0.198. The van der Waals surface area contributed by atoms with Crippen LogP contribution < -0.4 is 16.0 Å². The van der Waals surface area contributed by atoms with Crippen LogP contribution in [0.4, 0.5) is 5.69 Å². The van der Waals surface area contributed by atoms with Gasteiger partial charge in [-0.2, -0.15) is 0 Å². The minimum absolute atomic E-state index is 0. The lowest BCUT2D eigenvalue weighted by Gasteiger charge is -2.14. The fourth-order valence-electron chi connectivity index (χ4n) is 2.79. The molecular weight excluding hydrogens is 471 g/mol. The SMILES string of the molecule is CCCC(=O)Nc1cccc(CNC(=NC)NCCCOC2CCOC2)c1.I. The zero-order valence-corrected chi connectivity index (χ0v) is 19.2. The summed E-state index contributed by atoms with van der Waals surface area (Å²) in [5.74, 6) is 0.797. The number of anilines is 1. The lowest BCUT2D eigenvalue weighted by atomic mass is 10.2. The number of nitrogens with zero attached hydrogens (tertiary/aromatic N) is 1. The van der Waals surface area contributed by atoms with Crippen LogP contribution >= 0.6 is 24.0 Å². The zero-order chi connectivity index (χ0) is 19.3. The highest BCUT2D eigenvalue weighted by Gasteiger charge is 2.15. The Morgan fingerprint density at radius 3 is 2.93 bits per heavy atom.